The average Bonchev–Trinajstić information content (AvgIpc) is 2.43. The van der Waals surface area contributed by atoms with E-state index in [1.54, 1.807) is 12.1 Å². The lowest BCUT2D eigenvalue weighted by Gasteiger charge is -2.23. The summed E-state index contributed by atoms with van der Waals surface area (Å²) in [6.07, 6.45) is -1.42. The largest absolute Gasteiger partial charge is 0.388 e. The topological polar surface area (TPSA) is 46.2 Å². The Hall–Kier alpha value is -1.20. The van der Waals surface area contributed by atoms with Crippen molar-refractivity contribution in [2.75, 3.05) is 6.54 Å². The molecule has 2 aromatic rings. The number of benzene rings is 2. The summed E-state index contributed by atoms with van der Waals surface area (Å²) >= 11 is 11.8. The van der Waals surface area contributed by atoms with Gasteiger partial charge in [-0.25, -0.2) is 8.78 Å². The first-order valence-corrected chi connectivity index (χ1v) is 6.98. The highest BCUT2D eigenvalue weighted by molar-refractivity contribution is 6.42. The predicted molar refractivity (Wildman–Crippen MR) is 79.6 cm³/mol. The Labute approximate surface area is 131 Å². The van der Waals surface area contributed by atoms with Gasteiger partial charge < -0.3 is 10.8 Å². The molecular formula is C15H13Cl2F2NO. The van der Waals surface area contributed by atoms with Crippen molar-refractivity contribution in [3.63, 3.8) is 0 Å². The number of halogens is 4. The maximum atomic E-state index is 13.8. The van der Waals surface area contributed by atoms with Crippen LogP contribution in [0.3, 0.4) is 0 Å². The van der Waals surface area contributed by atoms with E-state index in [1.165, 1.54) is 12.1 Å². The van der Waals surface area contributed by atoms with Crippen molar-refractivity contribution in [2.45, 2.75) is 12.0 Å². The van der Waals surface area contributed by atoms with Crippen molar-refractivity contribution in [3.05, 3.63) is 69.2 Å². The van der Waals surface area contributed by atoms with Crippen molar-refractivity contribution in [3.8, 4) is 0 Å². The molecule has 3 N–H and O–H groups in total. The van der Waals surface area contributed by atoms with Gasteiger partial charge in [0.25, 0.3) is 0 Å². The summed E-state index contributed by atoms with van der Waals surface area (Å²) in [4.78, 5) is 0. The van der Waals surface area contributed by atoms with E-state index in [4.69, 9.17) is 28.9 Å². The Morgan fingerprint density at radius 1 is 1.05 bits per heavy atom. The zero-order valence-corrected chi connectivity index (χ0v) is 12.4. The first kappa shape index (κ1) is 16.2. The molecule has 0 radical (unpaired) electrons. The standard InChI is InChI=1S/C15H13Cl2F2NO/c16-10-5-4-8(6-11(10)17)9(7-20)15(21)14-12(18)2-1-3-13(14)19/h1-6,9,15,21H,7,20H2. The number of hydrogen-bond donors (Lipinski definition) is 2. The van der Waals surface area contributed by atoms with Gasteiger partial charge in [0.05, 0.1) is 21.7 Å². The summed E-state index contributed by atoms with van der Waals surface area (Å²) < 4.78 is 27.5. The number of aliphatic hydroxyl groups excluding tert-OH is 1. The first-order valence-electron chi connectivity index (χ1n) is 6.22. The van der Waals surface area contributed by atoms with Gasteiger partial charge in [0.2, 0.25) is 0 Å². The van der Waals surface area contributed by atoms with E-state index >= 15 is 0 Å². The fourth-order valence-electron chi connectivity index (χ4n) is 2.18. The molecule has 2 unspecified atom stereocenters. The van der Waals surface area contributed by atoms with Crippen LogP contribution in [0.5, 0.6) is 0 Å². The van der Waals surface area contributed by atoms with Crippen molar-refractivity contribution >= 4 is 23.2 Å². The zero-order chi connectivity index (χ0) is 15.6. The van der Waals surface area contributed by atoms with Gasteiger partial charge in [-0.05, 0) is 29.8 Å². The van der Waals surface area contributed by atoms with Gasteiger partial charge in [0, 0.05) is 12.5 Å². The maximum Gasteiger partial charge on any atom is 0.131 e. The molecule has 0 bridgehead atoms. The van der Waals surface area contributed by atoms with Crippen LogP contribution in [0, 0.1) is 11.6 Å². The van der Waals surface area contributed by atoms with Crippen LogP contribution in [-0.2, 0) is 0 Å². The minimum Gasteiger partial charge on any atom is -0.388 e. The molecule has 0 aromatic heterocycles. The average molecular weight is 332 g/mol. The lowest BCUT2D eigenvalue weighted by molar-refractivity contribution is 0.138. The highest BCUT2D eigenvalue weighted by Crippen LogP contribution is 2.35. The van der Waals surface area contributed by atoms with Gasteiger partial charge in [0.1, 0.15) is 11.6 Å². The van der Waals surface area contributed by atoms with Crippen LogP contribution >= 0.6 is 23.2 Å². The van der Waals surface area contributed by atoms with E-state index in [-0.39, 0.29) is 11.6 Å². The van der Waals surface area contributed by atoms with E-state index in [2.05, 4.69) is 0 Å². The monoisotopic (exact) mass is 331 g/mol. The molecule has 0 saturated heterocycles. The van der Waals surface area contributed by atoms with Crippen LogP contribution in [0.4, 0.5) is 8.78 Å². The van der Waals surface area contributed by atoms with E-state index < -0.39 is 29.2 Å². The smallest absolute Gasteiger partial charge is 0.131 e. The summed E-state index contributed by atoms with van der Waals surface area (Å²) in [5, 5.41) is 11.0. The summed E-state index contributed by atoms with van der Waals surface area (Å²) in [6.45, 7) is -0.00704. The third-order valence-electron chi connectivity index (χ3n) is 3.30. The molecule has 2 rings (SSSR count). The minimum absolute atomic E-state index is 0.00704. The normalized spacial score (nSPS) is 14.0. The Morgan fingerprint density at radius 2 is 1.67 bits per heavy atom. The van der Waals surface area contributed by atoms with Crippen LogP contribution < -0.4 is 5.73 Å². The molecule has 0 fully saturated rings. The minimum atomic E-state index is -1.42. The third-order valence-corrected chi connectivity index (χ3v) is 4.04. The van der Waals surface area contributed by atoms with Gasteiger partial charge in [-0.15, -0.1) is 0 Å². The number of rotatable bonds is 4. The predicted octanol–water partition coefficient (Wildman–Crippen LogP) is 4.05. The molecule has 6 heteroatoms. The van der Waals surface area contributed by atoms with Crippen molar-refractivity contribution < 1.29 is 13.9 Å². The molecule has 2 atom stereocenters. The van der Waals surface area contributed by atoms with E-state index in [0.29, 0.717) is 10.6 Å². The van der Waals surface area contributed by atoms with Gasteiger partial charge in [-0.2, -0.15) is 0 Å². The molecule has 0 saturated carbocycles. The molecular weight excluding hydrogens is 319 g/mol. The van der Waals surface area contributed by atoms with Crippen LogP contribution in [0.25, 0.3) is 0 Å². The highest BCUT2D eigenvalue weighted by atomic mass is 35.5. The van der Waals surface area contributed by atoms with Crippen LogP contribution in [0.1, 0.15) is 23.1 Å². The third kappa shape index (κ3) is 3.35. The van der Waals surface area contributed by atoms with Crippen molar-refractivity contribution in [1.82, 2.24) is 0 Å². The second-order valence-electron chi connectivity index (χ2n) is 4.60. The summed E-state index contributed by atoms with van der Waals surface area (Å²) in [5.74, 6) is -2.34. The molecule has 0 amide bonds. The second-order valence-corrected chi connectivity index (χ2v) is 5.41. The highest BCUT2D eigenvalue weighted by Gasteiger charge is 2.27. The van der Waals surface area contributed by atoms with E-state index in [9.17, 15) is 13.9 Å². The Balaban J connectivity index is 2.43. The van der Waals surface area contributed by atoms with Gasteiger partial charge in [-0.3, -0.25) is 0 Å². The number of hydrogen-bond acceptors (Lipinski definition) is 2. The molecule has 21 heavy (non-hydrogen) atoms. The number of nitrogens with two attached hydrogens (primary N) is 1. The fraction of sp³-hybridized carbons (Fsp3) is 0.200. The van der Waals surface area contributed by atoms with Crippen LogP contribution in [0.2, 0.25) is 10.0 Å². The molecule has 0 aliphatic carbocycles. The second kappa shape index (κ2) is 6.71. The van der Waals surface area contributed by atoms with Crippen molar-refractivity contribution in [1.29, 1.82) is 0 Å². The number of aliphatic hydroxyl groups is 1. The van der Waals surface area contributed by atoms with Gasteiger partial charge in [-0.1, -0.05) is 35.3 Å². The SMILES string of the molecule is NCC(c1ccc(Cl)c(Cl)c1)C(O)c1c(F)cccc1F. The zero-order valence-electron chi connectivity index (χ0n) is 10.9. The summed E-state index contributed by atoms with van der Waals surface area (Å²) in [5.41, 5.74) is 5.80. The van der Waals surface area contributed by atoms with Crippen LogP contribution in [-0.4, -0.2) is 11.7 Å². The molecule has 0 heterocycles. The molecule has 0 aliphatic rings. The maximum absolute atomic E-state index is 13.8. The van der Waals surface area contributed by atoms with E-state index in [1.807, 2.05) is 0 Å². The molecule has 2 aromatic carbocycles. The summed E-state index contributed by atoms with van der Waals surface area (Å²) in [6, 6.07) is 8.11. The lowest BCUT2D eigenvalue weighted by atomic mass is 9.88. The Morgan fingerprint density at radius 3 is 2.19 bits per heavy atom. The van der Waals surface area contributed by atoms with Crippen LogP contribution in [0.15, 0.2) is 36.4 Å². The molecule has 0 spiro atoms. The molecule has 0 aliphatic heterocycles. The molecule has 112 valence electrons. The molecule has 2 nitrogen and oxygen atoms in total. The first-order chi connectivity index (χ1) is 9.95. The quantitative estimate of drug-likeness (QED) is 0.887. The van der Waals surface area contributed by atoms with Gasteiger partial charge >= 0.3 is 0 Å². The van der Waals surface area contributed by atoms with Crippen molar-refractivity contribution in [2.24, 2.45) is 5.73 Å². The Bertz CT molecular complexity index is 631. The van der Waals surface area contributed by atoms with E-state index in [0.717, 1.165) is 12.1 Å². The lowest BCUT2D eigenvalue weighted by Crippen LogP contribution is -2.22. The summed E-state index contributed by atoms with van der Waals surface area (Å²) in [7, 11) is 0. The fourth-order valence-corrected chi connectivity index (χ4v) is 2.49. The Kier molecular flexibility index (Phi) is 5.17. The van der Waals surface area contributed by atoms with Gasteiger partial charge in [0.15, 0.2) is 0 Å².